The molecule has 4 aromatic heterocycles. The molecule has 2 aromatic carbocycles. The van der Waals surface area contributed by atoms with E-state index in [0.29, 0.717) is 5.92 Å². The van der Waals surface area contributed by atoms with Gasteiger partial charge in [-0.2, -0.15) is 0 Å². The molecule has 5 heteroatoms. The highest BCUT2D eigenvalue weighted by atomic mass is 15.2. The third kappa shape index (κ3) is 3.43. The Labute approximate surface area is 226 Å². The van der Waals surface area contributed by atoms with Crippen LogP contribution in [0.5, 0.6) is 0 Å². The van der Waals surface area contributed by atoms with Crippen LogP contribution in [0.25, 0.3) is 56.9 Å². The Bertz CT molecular complexity index is 1940. The number of nitrogens with zero attached hydrogens (tertiary/aromatic N) is 5. The lowest BCUT2D eigenvalue weighted by Gasteiger charge is -2.17. The van der Waals surface area contributed by atoms with E-state index in [0.717, 1.165) is 53.2 Å². The summed E-state index contributed by atoms with van der Waals surface area (Å²) in [5, 5.41) is 2.46. The maximum atomic E-state index is 4.94. The predicted molar refractivity (Wildman–Crippen MR) is 158 cm³/mol. The van der Waals surface area contributed by atoms with Gasteiger partial charge in [-0.1, -0.05) is 79.8 Å². The Morgan fingerprint density at radius 2 is 1.54 bits per heavy atom. The molecule has 0 amide bonds. The fourth-order valence-corrected chi connectivity index (χ4v) is 6.29. The van der Waals surface area contributed by atoms with Crippen LogP contribution in [0.2, 0.25) is 0 Å². The summed E-state index contributed by atoms with van der Waals surface area (Å²) in [6, 6.07) is 21.2. The molecule has 0 fully saturated rings. The highest BCUT2D eigenvalue weighted by molar-refractivity contribution is 5.95. The van der Waals surface area contributed by atoms with Crippen molar-refractivity contribution in [2.24, 2.45) is 5.92 Å². The van der Waals surface area contributed by atoms with Crippen molar-refractivity contribution in [3.05, 3.63) is 114 Å². The Morgan fingerprint density at radius 1 is 0.744 bits per heavy atom. The Hall–Kier alpha value is -4.77. The first-order valence-corrected chi connectivity index (χ1v) is 13.6. The summed E-state index contributed by atoms with van der Waals surface area (Å²) in [5.74, 6) is 1.18. The molecule has 6 aromatic rings. The summed E-state index contributed by atoms with van der Waals surface area (Å²) >= 11 is 0. The molecular formula is C34H27N5. The zero-order valence-corrected chi connectivity index (χ0v) is 21.7. The van der Waals surface area contributed by atoms with Gasteiger partial charge in [0.2, 0.25) is 5.95 Å². The fourth-order valence-electron chi connectivity index (χ4n) is 6.29. The van der Waals surface area contributed by atoms with Gasteiger partial charge in [0.15, 0.2) is 0 Å². The molecule has 4 heterocycles. The quantitative estimate of drug-likeness (QED) is 0.249. The van der Waals surface area contributed by atoms with Gasteiger partial charge in [-0.25, -0.2) is 9.97 Å². The number of rotatable bonds is 3. The number of para-hydroxylation sites is 1. The summed E-state index contributed by atoms with van der Waals surface area (Å²) in [7, 11) is 0. The molecule has 0 spiro atoms. The van der Waals surface area contributed by atoms with E-state index in [2.05, 4.69) is 95.0 Å². The number of allylic oxidation sites excluding steroid dienone is 2. The van der Waals surface area contributed by atoms with Crippen LogP contribution in [0, 0.1) is 5.92 Å². The lowest BCUT2D eigenvalue weighted by atomic mass is 9.94. The van der Waals surface area contributed by atoms with Crippen molar-refractivity contribution < 1.29 is 0 Å². The standard InChI is InChI=1S/C34H27N5/c1-22-15-16-27-28-18-29(23-9-3-2-4-10-23)35-21-33(28)38(32(27)17-22)24-19-36-34(37-20-24)39-30-13-7-5-11-25(30)26-12-6-8-14-31(26)39/h2-7,9-13,15-16,18-22H,8,14,17H2,1H3. The summed E-state index contributed by atoms with van der Waals surface area (Å²) < 4.78 is 4.54. The Balaban J connectivity index is 1.29. The van der Waals surface area contributed by atoms with E-state index < -0.39 is 0 Å². The monoisotopic (exact) mass is 505 g/mol. The first-order valence-electron chi connectivity index (χ1n) is 13.6. The number of pyridine rings is 1. The Morgan fingerprint density at radius 3 is 2.41 bits per heavy atom. The molecule has 2 aliphatic carbocycles. The van der Waals surface area contributed by atoms with Gasteiger partial charge in [0.1, 0.15) is 0 Å². The van der Waals surface area contributed by atoms with Gasteiger partial charge >= 0.3 is 0 Å². The minimum atomic E-state index is 0.466. The number of hydrogen-bond acceptors (Lipinski definition) is 3. The summed E-state index contributed by atoms with van der Waals surface area (Å²) in [6.07, 6.45) is 18.0. The van der Waals surface area contributed by atoms with Crippen LogP contribution in [0.15, 0.2) is 91.4 Å². The summed E-state index contributed by atoms with van der Waals surface area (Å²) in [5.41, 5.74) is 10.4. The number of fused-ring (bicyclic) bond motifs is 6. The molecule has 0 radical (unpaired) electrons. The summed E-state index contributed by atoms with van der Waals surface area (Å²) in [4.78, 5) is 14.8. The third-order valence-corrected chi connectivity index (χ3v) is 8.10. The lowest BCUT2D eigenvalue weighted by molar-refractivity contribution is 0.689. The van der Waals surface area contributed by atoms with Gasteiger partial charge < -0.3 is 4.57 Å². The van der Waals surface area contributed by atoms with Crippen LogP contribution in [0.3, 0.4) is 0 Å². The first kappa shape index (κ1) is 22.2. The average molecular weight is 506 g/mol. The minimum absolute atomic E-state index is 0.466. The molecule has 188 valence electrons. The number of benzene rings is 2. The number of aromatic nitrogens is 5. The molecule has 0 aliphatic heterocycles. The summed E-state index contributed by atoms with van der Waals surface area (Å²) in [6.45, 7) is 2.27. The van der Waals surface area contributed by atoms with E-state index in [1.165, 1.54) is 33.3 Å². The van der Waals surface area contributed by atoms with E-state index in [9.17, 15) is 0 Å². The van der Waals surface area contributed by atoms with Gasteiger partial charge in [-0.3, -0.25) is 9.55 Å². The second-order valence-corrected chi connectivity index (χ2v) is 10.6. The molecule has 0 bridgehead atoms. The SMILES string of the molecule is CC1C=Cc2c(n(-c3cnc(-n4c5c(c6ccccc64)C=CCC5)nc3)c3cnc(-c4ccccc4)cc23)C1. The molecule has 0 N–H and O–H groups in total. The van der Waals surface area contributed by atoms with E-state index in [4.69, 9.17) is 15.0 Å². The third-order valence-electron chi connectivity index (χ3n) is 8.10. The maximum Gasteiger partial charge on any atom is 0.234 e. The normalized spacial score (nSPS) is 16.1. The minimum Gasteiger partial charge on any atom is -0.308 e. The predicted octanol–water partition coefficient (Wildman–Crippen LogP) is 7.59. The highest BCUT2D eigenvalue weighted by Gasteiger charge is 2.23. The van der Waals surface area contributed by atoms with Gasteiger partial charge in [-0.15, -0.1) is 0 Å². The van der Waals surface area contributed by atoms with E-state index in [-0.39, 0.29) is 0 Å². The van der Waals surface area contributed by atoms with Gasteiger partial charge in [0.05, 0.1) is 41.0 Å². The lowest BCUT2D eigenvalue weighted by Crippen LogP contribution is -2.11. The molecule has 0 saturated carbocycles. The highest BCUT2D eigenvalue weighted by Crippen LogP contribution is 2.37. The molecule has 5 nitrogen and oxygen atoms in total. The fraction of sp³-hybridized carbons (Fsp3) is 0.147. The maximum absolute atomic E-state index is 4.94. The first-order chi connectivity index (χ1) is 19.3. The van der Waals surface area contributed by atoms with E-state index >= 15 is 0 Å². The van der Waals surface area contributed by atoms with Crippen molar-refractivity contribution in [1.29, 1.82) is 0 Å². The molecule has 8 rings (SSSR count). The van der Waals surface area contributed by atoms with Crippen molar-refractivity contribution in [2.45, 2.75) is 26.2 Å². The molecule has 1 atom stereocenters. The second kappa shape index (κ2) is 8.63. The zero-order valence-electron chi connectivity index (χ0n) is 21.7. The van der Waals surface area contributed by atoms with Crippen LogP contribution < -0.4 is 0 Å². The Kier molecular flexibility index (Phi) is 4.92. The largest absolute Gasteiger partial charge is 0.308 e. The van der Waals surface area contributed by atoms with E-state index in [1.54, 1.807) is 0 Å². The van der Waals surface area contributed by atoms with Crippen molar-refractivity contribution in [2.75, 3.05) is 0 Å². The van der Waals surface area contributed by atoms with Gasteiger partial charge in [0, 0.05) is 38.9 Å². The second-order valence-electron chi connectivity index (χ2n) is 10.6. The topological polar surface area (TPSA) is 48.5 Å². The van der Waals surface area contributed by atoms with Crippen LogP contribution in [-0.2, 0) is 12.8 Å². The molecule has 1 unspecified atom stereocenters. The van der Waals surface area contributed by atoms with Crippen molar-refractivity contribution in [3.63, 3.8) is 0 Å². The van der Waals surface area contributed by atoms with Crippen LogP contribution in [0.1, 0.15) is 35.9 Å². The van der Waals surface area contributed by atoms with Gasteiger partial charge in [0.25, 0.3) is 0 Å². The smallest absolute Gasteiger partial charge is 0.234 e. The van der Waals surface area contributed by atoms with Crippen molar-refractivity contribution in [3.8, 4) is 22.9 Å². The van der Waals surface area contributed by atoms with Crippen molar-refractivity contribution in [1.82, 2.24) is 24.1 Å². The number of hydrogen-bond donors (Lipinski definition) is 0. The molecular weight excluding hydrogens is 478 g/mol. The van der Waals surface area contributed by atoms with Crippen LogP contribution in [-0.4, -0.2) is 24.1 Å². The van der Waals surface area contributed by atoms with E-state index in [1.807, 2.05) is 24.7 Å². The molecule has 2 aliphatic rings. The molecule has 0 saturated heterocycles. The van der Waals surface area contributed by atoms with Crippen LogP contribution in [0.4, 0.5) is 0 Å². The molecule has 39 heavy (non-hydrogen) atoms. The van der Waals surface area contributed by atoms with Crippen molar-refractivity contribution >= 4 is 34.0 Å². The zero-order chi connectivity index (χ0) is 25.9. The van der Waals surface area contributed by atoms with Crippen LogP contribution >= 0.6 is 0 Å². The van der Waals surface area contributed by atoms with Gasteiger partial charge in [-0.05, 0) is 37.3 Å². The average Bonchev–Trinajstić information content (AvgIpc) is 3.50.